The van der Waals surface area contributed by atoms with E-state index in [1.165, 1.54) is 0 Å². The summed E-state index contributed by atoms with van der Waals surface area (Å²) in [6.45, 7) is 1.87. The van der Waals surface area contributed by atoms with Crippen LogP contribution in [0.3, 0.4) is 0 Å². The minimum Gasteiger partial charge on any atom is -0.451 e. The van der Waals surface area contributed by atoms with Crippen LogP contribution < -0.4 is 15.6 Å². The molecule has 1 aromatic heterocycles. The number of rotatable bonds is 6. The van der Waals surface area contributed by atoms with Crippen LogP contribution in [0.1, 0.15) is 21.7 Å². The van der Waals surface area contributed by atoms with Crippen molar-refractivity contribution >= 4 is 56.0 Å². The van der Waals surface area contributed by atoms with Crippen molar-refractivity contribution in [2.45, 2.75) is 12.5 Å². The Hall–Kier alpha value is -4.13. The first-order valence-corrected chi connectivity index (χ1v) is 13.8. The number of anilines is 1. The number of nitrogens with one attached hydrogen (secondary N) is 1. The van der Waals surface area contributed by atoms with Gasteiger partial charge in [-0.2, -0.15) is 5.26 Å². The van der Waals surface area contributed by atoms with Crippen LogP contribution in [0.5, 0.6) is 0 Å². The second-order valence-electron chi connectivity index (χ2n) is 9.41. The molecule has 0 aliphatic carbocycles. The van der Waals surface area contributed by atoms with Crippen LogP contribution in [0.25, 0.3) is 11.0 Å². The van der Waals surface area contributed by atoms with Gasteiger partial charge in [-0.25, -0.2) is 0 Å². The van der Waals surface area contributed by atoms with E-state index >= 15 is 0 Å². The lowest BCUT2D eigenvalue weighted by molar-refractivity contribution is -0.133. The Bertz CT molecular complexity index is 1670. The molecule has 2 heterocycles. The van der Waals surface area contributed by atoms with Crippen LogP contribution >= 0.6 is 27.5 Å². The van der Waals surface area contributed by atoms with E-state index < -0.39 is 11.9 Å². The highest BCUT2D eigenvalue weighted by Crippen LogP contribution is 2.26. The number of nitrogens with zero attached hydrogens (tertiary/aromatic N) is 3. The van der Waals surface area contributed by atoms with Crippen molar-refractivity contribution in [1.82, 2.24) is 10.2 Å². The molecule has 0 radical (unpaired) electrons. The smallest absolute Gasteiger partial charge is 0.287 e. The fraction of sp³-hybridized carbons (Fsp3) is 0.200. The van der Waals surface area contributed by atoms with Crippen LogP contribution in [0.15, 0.2) is 86.5 Å². The summed E-state index contributed by atoms with van der Waals surface area (Å²) in [5.41, 5.74) is 2.14. The van der Waals surface area contributed by atoms with Gasteiger partial charge < -0.3 is 19.5 Å². The normalized spacial score (nSPS) is 14.0. The number of halogens is 2. The molecule has 4 aromatic rings. The van der Waals surface area contributed by atoms with Crippen molar-refractivity contribution in [1.29, 1.82) is 5.26 Å². The maximum atomic E-state index is 13.8. The molecule has 0 spiro atoms. The van der Waals surface area contributed by atoms with E-state index in [4.69, 9.17) is 16.0 Å². The van der Waals surface area contributed by atoms with E-state index in [2.05, 4.69) is 32.2 Å². The van der Waals surface area contributed by atoms with Crippen molar-refractivity contribution in [2.24, 2.45) is 0 Å². The molecule has 0 bridgehead atoms. The first-order valence-electron chi connectivity index (χ1n) is 12.6. The van der Waals surface area contributed by atoms with Gasteiger partial charge in [0.2, 0.25) is 5.91 Å². The molecule has 1 unspecified atom stereocenters. The Balaban J connectivity index is 1.35. The maximum Gasteiger partial charge on any atom is 0.287 e. The largest absolute Gasteiger partial charge is 0.451 e. The molecule has 1 N–H and O–H groups in total. The van der Waals surface area contributed by atoms with E-state index in [0.29, 0.717) is 47.7 Å². The quantitative estimate of drug-likeness (QED) is 0.333. The Morgan fingerprint density at radius 2 is 1.75 bits per heavy atom. The van der Waals surface area contributed by atoms with Crippen molar-refractivity contribution in [3.05, 3.63) is 109 Å². The highest BCUT2D eigenvalue weighted by atomic mass is 79.9. The lowest BCUT2D eigenvalue weighted by Crippen LogP contribution is -2.55. The number of hydrogen-bond donors (Lipinski definition) is 1. The predicted molar refractivity (Wildman–Crippen MR) is 157 cm³/mol. The number of amides is 2. The fourth-order valence-electron chi connectivity index (χ4n) is 4.75. The Kier molecular flexibility index (Phi) is 8.19. The number of benzene rings is 3. The number of nitriles is 1. The van der Waals surface area contributed by atoms with E-state index in [1.54, 1.807) is 59.5 Å². The number of carbonyl (C=O) groups is 2. The zero-order chi connectivity index (χ0) is 28.2. The van der Waals surface area contributed by atoms with Crippen molar-refractivity contribution in [2.75, 3.05) is 31.1 Å². The molecule has 0 saturated carbocycles. The predicted octanol–water partition coefficient (Wildman–Crippen LogP) is 4.77. The molecule has 202 valence electrons. The summed E-state index contributed by atoms with van der Waals surface area (Å²) < 4.78 is 6.57. The maximum absolute atomic E-state index is 13.8. The molecular weight excluding hydrogens is 596 g/mol. The minimum absolute atomic E-state index is 0.166. The zero-order valence-corrected chi connectivity index (χ0v) is 23.6. The van der Waals surface area contributed by atoms with Crippen molar-refractivity contribution < 1.29 is 14.0 Å². The second kappa shape index (κ2) is 11.9. The van der Waals surface area contributed by atoms with Gasteiger partial charge in [-0.1, -0.05) is 51.8 Å². The van der Waals surface area contributed by atoms with Gasteiger partial charge in [0.1, 0.15) is 17.7 Å². The first kappa shape index (κ1) is 27.4. The molecule has 1 fully saturated rings. The van der Waals surface area contributed by atoms with Crippen molar-refractivity contribution in [3.8, 4) is 6.07 Å². The summed E-state index contributed by atoms with van der Waals surface area (Å²) in [7, 11) is 0. The van der Waals surface area contributed by atoms with Crippen molar-refractivity contribution in [3.63, 3.8) is 0 Å². The average Bonchev–Trinajstić information content (AvgIpc) is 2.97. The third kappa shape index (κ3) is 6.03. The molecule has 10 heteroatoms. The minimum atomic E-state index is -0.905. The van der Waals surface area contributed by atoms with Gasteiger partial charge in [-0.15, -0.1) is 0 Å². The molecule has 1 saturated heterocycles. The number of carbonyl (C=O) groups excluding carboxylic acids is 2. The number of hydrogen-bond acceptors (Lipinski definition) is 6. The van der Waals surface area contributed by atoms with Gasteiger partial charge in [0, 0.05) is 48.2 Å². The van der Waals surface area contributed by atoms with E-state index in [0.717, 1.165) is 21.8 Å². The van der Waals surface area contributed by atoms with E-state index in [-0.39, 0.29) is 23.5 Å². The molecule has 3 aromatic carbocycles. The highest BCUT2D eigenvalue weighted by Gasteiger charge is 2.30. The molecule has 40 heavy (non-hydrogen) atoms. The van der Waals surface area contributed by atoms with Crippen LogP contribution in [-0.2, 0) is 11.2 Å². The zero-order valence-electron chi connectivity index (χ0n) is 21.3. The molecule has 1 aliphatic rings. The molecular formula is C30H24BrClN4O4. The SMILES string of the molecule is N#Cc1ccc(Br)cc1N1CCN(C(=O)C(Cc2ccc(Cl)cc2)NC(=O)c2cc(=O)c3ccccc3o2)CC1. The fourth-order valence-corrected chi connectivity index (χ4v) is 5.23. The summed E-state index contributed by atoms with van der Waals surface area (Å²) in [5.74, 6) is -1.07. The van der Waals surface area contributed by atoms with Crippen LogP contribution in [-0.4, -0.2) is 48.9 Å². The lowest BCUT2D eigenvalue weighted by atomic mass is 10.0. The monoisotopic (exact) mass is 618 g/mol. The van der Waals surface area contributed by atoms with Gasteiger partial charge in [0.15, 0.2) is 11.2 Å². The van der Waals surface area contributed by atoms with Crippen LogP contribution in [0.4, 0.5) is 5.69 Å². The van der Waals surface area contributed by atoms with Gasteiger partial charge in [0.05, 0.1) is 16.6 Å². The summed E-state index contributed by atoms with van der Waals surface area (Å²) in [5, 5.41) is 13.3. The number of fused-ring (bicyclic) bond motifs is 1. The van der Waals surface area contributed by atoms with Gasteiger partial charge in [-0.3, -0.25) is 14.4 Å². The van der Waals surface area contributed by atoms with Gasteiger partial charge in [-0.05, 0) is 48.0 Å². The standard InChI is InChI=1S/C30H24BrClN4O4/c31-21-8-7-20(18-33)25(16-21)35-11-13-36(14-12-35)30(39)24(15-19-5-9-22(32)10-6-19)34-29(38)28-17-26(37)23-3-1-2-4-27(23)40-28/h1-10,16-17,24H,11-15H2,(H,34,38). The second-order valence-corrected chi connectivity index (χ2v) is 10.8. The average molecular weight is 620 g/mol. The Morgan fingerprint density at radius 1 is 1.02 bits per heavy atom. The molecule has 1 aliphatic heterocycles. The summed E-state index contributed by atoms with van der Waals surface area (Å²) >= 11 is 9.51. The molecule has 8 nitrogen and oxygen atoms in total. The van der Waals surface area contributed by atoms with Crippen LogP contribution in [0.2, 0.25) is 5.02 Å². The summed E-state index contributed by atoms with van der Waals surface area (Å²) in [4.78, 5) is 43.3. The first-order chi connectivity index (χ1) is 19.3. The summed E-state index contributed by atoms with van der Waals surface area (Å²) in [6.07, 6.45) is 0.226. The van der Waals surface area contributed by atoms with Gasteiger partial charge in [0.25, 0.3) is 5.91 Å². The number of piperazine rings is 1. The third-order valence-electron chi connectivity index (χ3n) is 6.83. The Labute approximate surface area is 243 Å². The highest BCUT2D eigenvalue weighted by molar-refractivity contribution is 9.10. The topological polar surface area (TPSA) is 107 Å². The lowest BCUT2D eigenvalue weighted by Gasteiger charge is -2.38. The molecule has 2 amide bonds. The summed E-state index contributed by atoms with van der Waals surface area (Å²) in [6, 6.07) is 21.7. The van der Waals surface area contributed by atoms with Gasteiger partial charge >= 0.3 is 0 Å². The third-order valence-corrected chi connectivity index (χ3v) is 7.57. The van der Waals surface area contributed by atoms with Crippen LogP contribution in [0, 0.1) is 11.3 Å². The number of para-hydroxylation sites is 1. The van der Waals surface area contributed by atoms with E-state index in [1.807, 2.05) is 12.1 Å². The molecule has 5 rings (SSSR count). The molecule has 1 atom stereocenters. The Morgan fingerprint density at radius 3 is 2.48 bits per heavy atom. The van der Waals surface area contributed by atoms with E-state index in [9.17, 15) is 19.6 Å².